The summed E-state index contributed by atoms with van der Waals surface area (Å²) < 4.78 is 24.9. The van der Waals surface area contributed by atoms with Crippen LogP contribution in [0.3, 0.4) is 0 Å². The molecule has 0 unspecified atom stereocenters. The third-order valence-electron chi connectivity index (χ3n) is 3.81. The number of hydrogen-bond acceptors (Lipinski definition) is 3. The first-order valence-electron chi connectivity index (χ1n) is 7.29. The van der Waals surface area contributed by atoms with Crippen LogP contribution in [0.5, 0.6) is 0 Å². The number of rotatable bonds is 6. The summed E-state index contributed by atoms with van der Waals surface area (Å²) in [4.78, 5) is 14.0. The molecule has 0 heterocycles. The fourth-order valence-electron chi connectivity index (χ4n) is 2.48. The zero-order valence-corrected chi connectivity index (χ0v) is 15.0. The second kappa shape index (κ2) is 7.24. The summed E-state index contributed by atoms with van der Waals surface area (Å²) in [6, 6.07) is 7.73. The third-order valence-corrected chi connectivity index (χ3v) is 5.54. The van der Waals surface area contributed by atoms with E-state index in [9.17, 15) is 13.2 Å². The van der Waals surface area contributed by atoms with Crippen molar-refractivity contribution in [3.8, 4) is 0 Å². The number of aryl methyl sites for hydroxylation is 1. The minimum Gasteiger partial charge on any atom is -0.338 e. The molecule has 1 aromatic carbocycles. The lowest BCUT2D eigenvalue weighted by Crippen LogP contribution is -2.40. The lowest BCUT2D eigenvalue weighted by Gasteiger charge is -2.33. The molecule has 0 N–H and O–H groups in total. The van der Waals surface area contributed by atoms with E-state index < -0.39 is 21.7 Å². The molecule has 0 saturated heterocycles. The van der Waals surface area contributed by atoms with Crippen LogP contribution in [0, 0.1) is 12.8 Å². The molecule has 1 amide bonds. The standard InChI is InChI=1S/C16H26N2O3S/c1-12(2)16(14-10-8-7-9-13(14)3)18(6)15(19)11-22(20,21)17(4)5/h7-10,12,16H,11H2,1-6H3/t16-/m1/s1. The van der Waals surface area contributed by atoms with Gasteiger partial charge in [0.25, 0.3) is 0 Å². The molecule has 0 radical (unpaired) electrons. The van der Waals surface area contributed by atoms with E-state index in [0.29, 0.717) is 0 Å². The van der Waals surface area contributed by atoms with Crippen molar-refractivity contribution in [2.75, 3.05) is 26.9 Å². The van der Waals surface area contributed by atoms with Gasteiger partial charge in [-0.25, -0.2) is 12.7 Å². The zero-order valence-electron chi connectivity index (χ0n) is 14.2. The van der Waals surface area contributed by atoms with Crippen molar-refractivity contribution in [1.82, 2.24) is 9.21 Å². The fraction of sp³-hybridized carbons (Fsp3) is 0.562. The predicted molar refractivity (Wildman–Crippen MR) is 89.0 cm³/mol. The summed E-state index contributed by atoms with van der Waals surface area (Å²) in [5.74, 6) is -0.723. The van der Waals surface area contributed by atoms with Gasteiger partial charge < -0.3 is 4.90 Å². The molecule has 6 heteroatoms. The zero-order chi connectivity index (χ0) is 17.1. The second-order valence-corrected chi connectivity index (χ2v) is 8.27. The third kappa shape index (κ3) is 4.30. The molecule has 5 nitrogen and oxygen atoms in total. The smallest absolute Gasteiger partial charge is 0.239 e. The van der Waals surface area contributed by atoms with E-state index in [1.54, 1.807) is 11.9 Å². The van der Waals surface area contributed by atoms with E-state index in [0.717, 1.165) is 15.4 Å². The number of carbonyl (C=O) groups excluding carboxylic acids is 1. The average Bonchev–Trinajstić information content (AvgIpc) is 2.40. The van der Waals surface area contributed by atoms with Crippen molar-refractivity contribution >= 4 is 15.9 Å². The Kier molecular flexibility index (Phi) is 6.14. The van der Waals surface area contributed by atoms with Gasteiger partial charge in [0.05, 0.1) is 6.04 Å². The van der Waals surface area contributed by atoms with Crippen LogP contribution in [-0.2, 0) is 14.8 Å². The number of hydrogen-bond donors (Lipinski definition) is 0. The SMILES string of the molecule is Cc1ccccc1[C@@H](C(C)C)N(C)C(=O)CS(=O)(=O)N(C)C. The van der Waals surface area contributed by atoms with Crippen molar-refractivity contribution in [1.29, 1.82) is 0 Å². The summed E-state index contributed by atoms with van der Waals surface area (Å²) in [6.45, 7) is 6.06. The van der Waals surface area contributed by atoms with Crippen LogP contribution < -0.4 is 0 Å². The molecule has 0 spiro atoms. The summed E-state index contributed by atoms with van der Waals surface area (Å²) in [5.41, 5.74) is 2.15. The van der Waals surface area contributed by atoms with Gasteiger partial charge in [-0.05, 0) is 24.0 Å². The highest BCUT2D eigenvalue weighted by Crippen LogP contribution is 2.30. The predicted octanol–water partition coefficient (Wildman–Crippen LogP) is 2.04. The van der Waals surface area contributed by atoms with Gasteiger partial charge >= 0.3 is 0 Å². The molecular weight excluding hydrogens is 300 g/mol. The van der Waals surface area contributed by atoms with Crippen molar-refractivity contribution in [3.05, 3.63) is 35.4 Å². The minimum atomic E-state index is -3.55. The van der Waals surface area contributed by atoms with Gasteiger partial charge in [0.2, 0.25) is 15.9 Å². The van der Waals surface area contributed by atoms with Crippen LogP contribution in [0.4, 0.5) is 0 Å². The normalized spacial score (nSPS) is 13.5. The quantitative estimate of drug-likeness (QED) is 0.804. The van der Waals surface area contributed by atoms with Gasteiger partial charge in [-0.1, -0.05) is 38.1 Å². The van der Waals surface area contributed by atoms with E-state index in [2.05, 4.69) is 0 Å². The first-order valence-corrected chi connectivity index (χ1v) is 8.90. The monoisotopic (exact) mass is 326 g/mol. The lowest BCUT2D eigenvalue weighted by molar-refractivity contribution is -0.130. The Bertz CT molecular complexity index is 624. The Labute approximate surface area is 134 Å². The van der Waals surface area contributed by atoms with Crippen LogP contribution in [0.25, 0.3) is 0 Å². The highest BCUT2D eigenvalue weighted by Gasteiger charge is 2.29. The van der Waals surface area contributed by atoms with E-state index in [4.69, 9.17) is 0 Å². The second-order valence-electron chi connectivity index (χ2n) is 6.09. The number of benzene rings is 1. The number of nitrogens with zero attached hydrogens (tertiary/aromatic N) is 2. The molecule has 0 aliphatic carbocycles. The van der Waals surface area contributed by atoms with Gasteiger partial charge in [-0.2, -0.15) is 0 Å². The molecule has 1 aromatic rings. The van der Waals surface area contributed by atoms with E-state index in [1.165, 1.54) is 14.1 Å². The van der Waals surface area contributed by atoms with Gasteiger partial charge in [0, 0.05) is 21.1 Å². The fourth-order valence-corrected chi connectivity index (χ4v) is 3.25. The van der Waals surface area contributed by atoms with Crippen LogP contribution >= 0.6 is 0 Å². The van der Waals surface area contributed by atoms with Gasteiger partial charge in [0.1, 0.15) is 5.75 Å². The lowest BCUT2D eigenvalue weighted by atomic mass is 9.91. The summed E-state index contributed by atoms with van der Waals surface area (Å²) >= 11 is 0. The largest absolute Gasteiger partial charge is 0.338 e. The molecule has 0 bridgehead atoms. The molecule has 0 aliphatic heterocycles. The van der Waals surface area contributed by atoms with E-state index >= 15 is 0 Å². The number of amides is 1. The molecule has 22 heavy (non-hydrogen) atoms. The first kappa shape index (κ1) is 18.6. The average molecular weight is 326 g/mol. The van der Waals surface area contributed by atoms with Crippen LogP contribution in [0.1, 0.15) is 31.0 Å². The maximum atomic E-state index is 12.4. The van der Waals surface area contributed by atoms with Crippen LogP contribution in [0.15, 0.2) is 24.3 Å². The highest BCUT2D eigenvalue weighted by molar-refractivity contribution is 7.89. The Morgan fingerprint density at radius 3 is 2.14 bits per heavy atom. The molecular formula is C16H26N2O3S. The number of carbonyl (C=O) groups is 1. The number of sulfonamides is 1. The molecule has 1 rings (SSSR count). The van der Waals surface area contributed by atoms with Crippen molar-refractivity contribution in [2.45, 2.75) is 26.8 Å². The summed E-state index contributed by atoms with van der Waals surface area (Å²) in [5, 5.41) is 0. The minimum absolute atomic E-state index is 0.147. The Morgan fingerprint density at radius 1 is 1.14 bits per heavy atom. The molecule has 0 saturated carbocycles. The topological polar surface area (TPSA) is 57.7 Å². The van der Waals surface area contributed by atoms with Crippen molar-refractivity contribution in [2.24, 2.45) is 5.92 Å². The van der Waals surface area contributed by atoms with Crippen LogP contribution in [-0.4, -0.2) is 50.4 Å². The van der Waals surface area contributed by atoms with E-state index in [-0.39, 0.29) is 12.0 Å². The van der Waals surface area contributed by atoms with Gasteiger partial charge in [-0.3, -0.25) is 4.79 Å². The van der Waals surface area contributed by atoms with Crippen molar-refractivity contribution in [3.63, 3.8) is 0 Å². The Morgan fingerprint density at radius 2 is 1.68 bits per heavy atom. The maximum absolute atomic E-state index is 12.4. The van der Waals surface area contributed by atoms with E-state index in [1.807, 2.05) is 45.0 Å². The van der Waals surface area contributed by atoms with Crippen molar-refractivity contribution < 1.29 is 13.2 Å². The molecule has 124 valence electrons. The molecule has 1 atom stereocenters. The Hall–Kier alpha value is -1.40. The summed E-state index contributed by atoms with van der Waals surface area (Å²) in [6.07, 6.45) is 0. The molecule has 0 aromatic heterocycles. The van der Waals surface area contributed by atoms with Gasteiger partial charge in [-0.15, -0.1) is 0 Å². The Balaban J connectivity index is 3.08. The molecule has 0 fully saturated rings. The summed E-state index contributed by atoms with van der Waals surface area (Å²) in [7, 11) is 0.988. The maximum Gasteiger partial charge on any atom is 0.239 e. The highest BCUT2D eigenvalue weighted by atomic mass is 32.2. The first-order chi connectivity index (χ1) is 10.1. The van der Waals surface area contributed by atoms with Gasteiger partial charge in [0.15, 0.2) is 0 Å². The molecule has 0 aliphatic rings. The van der Waals surface area contributed by atoms with Crippen LogP contribution in [0.2, 0.25) is 0 Å².